The van der Waals surface area contributed by atoms with Gasteiger partial charge in [0.2, 0.25) is 17.7 Å². The van der Waals surface area contributed by atoms with Gasteiger partial charge in [-0.1, -0.05) is 48.4 Å². The molecule has 4 N–H and O–H groups in total. The monoisotopic (exact) mass is 532 g/mol. The van der Waals surface area contributed by atoms with E-state index in [2.05, 4.69) is 16.6 Å². The number of alkyl carbamates (subject to hydrolysis) is 1. The quantitative estimate of drug-likeness (QED) is 0.405. The molecule has 2 aromatic carbocycles. The lowest BCUT2D eigenvalue weighted by molar-refractivity contribution is -0.148. The third kappa shape index (κ3) is 8.34. The van der Waals surface area contributed by atoms with E-state index < -0.39 is 47.9 Å². The zero-order valence-electron chi connectivity index (χ0n) is 22.6. The lowest BCUT2D eigenvalue weighted by Gasteiger charge is -2.43. The molecule has 3 rings (SSSR count). The van der Waals surface area contributed by atoms with Crippen molar-refractivity contribution < 1.29 is 23.9 Å². The van der Waals surface area contributed by atoms with Gasteiger partial charge in [-0.05, 0) is 63.3 Å². The highest BCUT2D eigenvalue weighted by molar-refractivity contribution is 5.94. The van der Waals surface area contributed by atoms with Crippen molar-refractivity contribution in [2.24, 2.45) is 5.73 Å². The van der Waals surface area contributed by atoms with Crippen LogP contribution in [0.15, 0.2) is 54.6 Å². The molecule has 1 aliphatic carbocycles. The molecule has 0 aliphatic heterocycles. The Kier molecular flexibility index (Phi) is 9.72. The second-order valence-electron chi connectivity index (χ2n) is 10.6. The van der Waals surface area contributed by atoms with E-state index in [-0.39, 0.29) is 12.6 Å². The summed E-state index contributed by atoms with van der Waals surface area (Å²) in [6.07, 6.45) is 6.43. The zero-order chi connectivity index (χ0) is 28.6. The molecule has 0 spiro atoms. The first-order valence-electron chi connectivity index (χ1n) is 13.0. The van der Waals surface area contributed by atoms with E-state index in [1.165, 1.54) is 4.90 Å². The number of carbonyl (C=O) groups excluding carboxylic acids is 4. The van der Waals surface area contributed by atoms with Crippen LogP contribution in [0.2, 0.25) is 0 Å². The molecule has 1 saturated carbocycles. The van der Waals surface area contributed by atoms with E-state index in [4.69, 9.17) is 16.9 Å². The van der Waals surface area contributed by atoms with Crippen molar-refractivity contribution in [2.75, 3.05) is 0 Å². The standard InChI is InChI=1S/C30H36N4O5/c1-5-20-14-16-22(17-15-20)26(27(36)32-19-21-10-7-6-8-11-21)34(23-12-9-13-23)28(37)24(18-25(31)35)33-29(38)39-30(2,3)4/h1,6-8,10-11,14-17,23-24,26H,9,12-13,18-19H2,2-4H3,(H2,31,35)(H,32,36)(H,33,38). The largest absolute Gasteiger partial charge is 0.444 e. The van der Waals surface area contributed by atoms with Crippen molar-refractivity contribution in [3.63, 3.8) is 0 Å². The van der Waals surface area contributed by atoms with E-state index in [9.17, 15) is 19.2 Å². The van der Waals surface area contributed by atoms with Crippen LogP contribution in [0.4, 0.5) is 4.79 Å². The van der Waals surface area contributed by atoms with Gasteiger partial charge in [-0.3, -0.25) is 14.4 Å². The summed E-state index contributed by atoms with van der Waals surface area (Å²) in [5.41, 5.74) is 6.70. The Morgan fingerprint density at radius 3 is 2.23 bits per heavy atom. The van der Waals surface area contributed by atoms with Crippen molar-refractivity contribution in [1.29, 1.82) is 0 Å². The average molecular weight is 533 g/mol. The Hall–Kier alpha value is -4.32. The molecule has 2 unspecified atom stereocenters. The van der Waals surface area contributed by atoms with Gasteiger partial charge in [-0.25, -0.2) is 4.79 Å². The van der Waals surface area contributed by atoms with Crippen molar-refractivity contribution >= 4 is 23.8 Å². The average Bonchev–Trinajstić information content (AvgIpc) is 2.84. The normalized spacial score (nSPS) is 14.6. The number of amides is 4. The molecule has 206 valence electrons. The predicted molar refractivity (Wildman–Crippen MR) is 147 cm³/mol. The summed E-state index contributed by atoms with van der Waals surface area (Å²) in [7, 11) is 0. The fourth-order valence-corrected chi connectivity index (χ4v) is 4.30. The zero-order valence-corrected chi connectivity index (χ0v) is 22.6. The summed E-state index contributed by atoms with van der Waals surface area (Å²) >= 11 is 0. The van der Waals surface area contributed by atoms with Crippen LogP contribution < -0.4 is 16.4 Å². The number of benzene rings is 2. The Labute approximate surface area is 229 Å². The second-order valence-corrected chi connectivity index (χ2v) is 10.6. The number of primary amides is 1. The number of terminal acetylenes is 1. The lowest BCUT2D eigenvalue weighted by Crippen LogP contribution is -2.58. The van der Waals surface area contributed by atoms with Gasteiger partial charge in [-0.2, -0.15) is 0 Å². The van der Waals surface area contributed by atoms with Gasteiger partial charge in [0.15, 0.2) is 0 Å². The van der Waals surface area contributed by atoms with Crippen LogP contribution in [-0.2, 0) is 25.7 Å². The molecular formula is C30H36N4O5. The van der Waals surface area contributed by atoms with E-state index in [1.54, 1.807) is 45.0 Å². The number of nitrogens with two attached hydrogens (primary N) is 1. The number of hydrogen-bond acceptors (Lipinski definition) is 5. The molecule has 39 heavy (non-hydrogen) atoms. The molecule has 0 saturated heterocycles. The third-order valence-corrected chi connectivity index (χ3v) is 6.35. The molecule has 9 nitrogen and oxygen atoms in total. The fraction of sp³-hybridized carbons (Fsp3) is 0.400. The predicted octanol–water partition coefficient (Wildman–Crippen LogP) is 3.18. The van der Waals surface area contributed by atoms with Crippen LogP contribution in [0.5, 0.6) is 0 Å². The lowest BCUT2D eigenvalue weighted by atomic mass is 9.87. The Morgan fingerprint density at radius 1 is 1.08 bits per heavy atom. The number of carbonyl (C=O) groups is 4. The highest BCUT2D eigenvalue weighted by atomic mass is 16.6. The van der Waals surface area contributed by atoms with E-state index in [0.29, 0.717) is 24.0 Å². The minimum atomic E-state index is -1.31. The number of nitrogens with zero attached hydrogens (tertiary/aromatic N) is 1. The fourth-order valence-electron chi connectivity index (χ4n) is 4.30. The summed E-state index contributed by atoms with van der Waals surface area (Å²) in [5.74, 6) is 0.783. The number of nitrogens with one attached hydrogen (secondary N) is 2. The molecule has 1 aliphatic rings. The Bertz CT molecular complexity index is 1210. The minimum Gasteiger partial charge on any atom is -0.444 e. The SMILES string of the molecule is C#Cc1ccc(C(C(=O)NCc2ccccc2)N(C(=O)C(CC(N)=O)NC(=O)OC(C)(C)C)C2CCC2)cc1. The first-order chi connectivity index (χ1) is 18.5. The maximum absolute atomic E-state index is 14.1. The van der Waals surface area contributed by atoms with Crippen LogP contribution in [0.25, 0.3) is 0 Å². The van der Waals surface area contributed by atoms with Gasteiger partial charge >= 0.3 is 6.09 Å². The molecule has 2 aromatic rings. The highest BCUT2D eigenvalue weighted by Crippen LogP contribution is 2.34. The highest BCUT2D eigenvalue weighted by Gasteiger charge is 2.42. The van der Waals surface area contributed by atoms with Crippen LogP contribution in [-0.4, -0.2) is 46.4 Å². The van der Waals surface area contributed by atoms with Gasteiger partial charge in [0, 0.05) is 18.2 Å². The maximum Gasteiger partial charge on any atom is 0.408 e. The molecule has 9 heteroatoms. The molecule has 4 amide bonds. The number of hydrogen-bond donors (Lipinski definition) is 3. The summed E-state index contributed by atoms with van der Waals surface area (Å²) in [4.78, 5) is 53.8. The minimum absolute atomic E-state index is 0.256. The number of rotatable bonds is 10. The summed E-state index contributed by atoms with van der Waals surface area (Å²) < 4.78 is 5.32. The second kappa shape index (κ2) is 13.0. The van der Waals surface area contributed by atoms with Crippen LogP contribution >= 0.6 is 0 Å². The molecule has 0 aromatic heterocycles. The first kappa shape index (κ1) is 29.2. The van der Waals surface area contributed by atoms with E-state index in [1.807, 2.05) is 30.3 Å². The van der Waals surface area contributed by atoms with Crippen LogP contribution in [0.3, 0.4) is 0 Å². The molecule has 0 bridgehead atoms. The van der Waals surface area contributed by atoms with Gasteiger partial charge in [0.05, 0.1) is 6.42 Å². The van der Waals surface area contributed by atoms with Gasteiger partial charge in [0.1, 0.15) is 17.7 Å². The van der Waals surface area contributed by atoms with E-state index >= 15 is 0 Å². The smallest absolute Gasteiger partial charge is 0.408 e. The third-order valence-electron chi connectivity index (χ3n) is 6.35. The molecule has 2 atom stereocenters. The van der Waals surface area contributed by atoms with Gasteiger partial charge < -0.3 is 26.0 Å². The van der Waals surface area contributed by atoms with E-state index in [0.717, 1.165) is 12.0 Å². The van der Waals surface area contributed by atoms with Gasteiger partial charge in [-0.15, -0.1) is 6.42 Å². The first-order valence-corrected chi connectivity index (χ1v) is 13.0. The molecule has 1 fully saturated rings. The Balaban J connectivity index is 1.98. The van der Waals surface area contributed by atoms with Crippen molar-refractivity contribution in [1.82, 2.24) is 15.5 Å². The molecular weight excluding hydrogens is 496 g/mol. The Morgan fingerprint density at radius 2 is 1.72 bits per heavy atom. The summed E-state index contributed by atoms with van der Waals surface area (Å²) in [6.45, 7) is 5.31. The molecule has 0 radical (unpaired) electrons. The number of ether oxygens (including phenoxy) is 1. The summed E-state index contributed by atoms with van der Waals surface area (Å²) in [5, 5.41) is 5.44. The summed E-state index contributed by atoms with van der Waals surface area (Å²) in [6, 6.07) is 13.6. The van der Waals surface area contributed by atoms with Crippen molar-refractivity contribution in [3.8, 4) is 12.3 Å². The van der Waals surface area contributed by atoms with Crippen LogP contribution in [0.1, 0.15) is 69.2 Å². The van der Waals surface area contributed by atoms with Crippen molar-refractivity contribution in [3.05, 3.63) is 71.3 Å². The molecule has 0 heterocycles. The maximum atomic E-state index is 14.1. The van der Waals surface area contributed by atoms with Crippen LogP contribution in [0, 0.1) is 12.3 Å². The van der Waals surface area contributed by atoms with Gasteiger partial charge in [0.25, 0.3) is 0 Å². The van der Waals surface area contributed by atoms with Crippen molar-refractivity contribution in [2.45, 2.75) is 76.7 Å². The topological polar surface area (TPSA) is 131 Å².